The number of nitrogens with zero attached hydrogens (tertiary/aromatic N) is 2. The molecular formula is C108H94BBrF2N2O6P4Pd. The smallest absolute Gasteiger partial charge is 0.488 e. The Balaban J connectivity index is 0.000000143. The average molecular weight is 1870 g/mol. The fourth-order valence-electron chi connectivity index (χ4n) is 13.2. The summed E-state index contributed by atoms with van der Waals surface area (Å²) in [5.74, 6) is 2.78. The van der Waals surface area contributed by atoms with Crippen LogP contribution >= 0.6 is 47.6 Å². The largest absolute Gasteiger partial charge is 0.497 e. The van der Waals surface area contributed by atoms with Gasteiger partial charge in [-0.3, -0.25) is 9.97 Å². The third-order valence-corrected chi connectivity index (χ3v) is 29.2. The Kier molecular flexibility index (Phi) is 39.2. The summed E-state index contributed by atoms with van der Waals surface area (Å²) in [7, 11) is 0.0711. The summed E-state index contributed by atoms with van der Waals surface area (Å²) in [6.45, 7) is -0.866. The molecule has 2 aromatic heterocycles. The van der Waals surface area contributed by atoms with Crippen LogP contribution in [0.1, 0.15) is 0 Å². The summed E-state index contributed by atoms with van der Waals surface area (Å²) >= 11 is 3.22. The van der Waals surface area contributed by atoms with Gasteiger partial charge >= 0.3 is 7.12 Å². The number of fused-ring (bicyclic) bond motifs is 2. The number of aromatic nitrogens is 2. The van der Waals surface area contributed by atoms with E-state index >= 15 is 0 Å². The molecule has 18 rings (SSSR count). The number of hydrogen-bond acceptors (Lipinski definition) is 8. The normalized spacial score (nSPS) is 10.4. The van der Waals surface area contributed by atoms with Crippen LogP contribution in [-0.4, -0.2) is 67.9 Å². The standard InChI is InChI=1S/C18H16FNO2.4C18H15P.C11H11BO3.C7H7BrFNO.Pd/c1-21-17-5-4-13-8-14(2-3-15(13)9-17)16-10-18(12-20-11-16)22-7-6-19;4*1-4-10-16(11-5-1)19(17-12-6-2-7-13-17)18-14-8-3-9-15-18;1-15-11-5-3-8-6-10(12(13)14)4-2-9(8)7-11;8-6-3-7(5-10-4-6)11-2-1-9;/h2-5,8-12H,6-7H2,1H3;4*1-15H;2-7,13-14H,1H3;3-5H,1-2H2;. The first-order valence-corrected chi connectivity index (χ1v) is 46.6. The number of pyridine rings is 2. The zero-order valence-corrected chi connectivity index (χ0v) is 75.8. The van der Waals surface area contributed by atoms with Gasteiger partial charge < -0.3 is 29.0 Å². The van der Waals surface area contributed by atoms with Crippen LogP contribution in [0, 0.1) is 0 Å². The maximum atomic E-state index is 12.2. The summed E-state index contributed by atoms with van der Waals surface area (Å²) in [5.41, 5.74) is 2.47. The monoisotopic (exact) mass is 1870 g/mol. The van der Waals surface area contributed by atoms with Crippen molar-refractivity contribution in [2.75, 3.05) is 40.8 Å². The summed E-state index contributed by atoms with van der Waals surface area (Å²) in [4.78, 5) is 8.00. The van der Waals surface area contributed by atoms with Crippen LogP contribution in [0.4, 0.5) is 8.78 Å². The number of ether oxygens (including phenoxy) is 4. The van der Waals surface area contributed by atoms with Crippen LogP contribution in [0.2, 0.25) is 0 Å². The number of rotatable bonds is 22. The number of halogens is 3. The first-order valence-electron chi connectivity index (χ1n) is 40.4. The van der Waals surface area contributed by atoms with Gasteiger partial charge in [0.25, 0.3) is 0 Å². The fraction of sp³-hybridized carbons (Fsp3) is 0.0556. The minimum absolute atomic E-state index is 0. The van der Waals surface area contributed by atoms with Crippen molar-refractivity contribution in [2.45, 2.75) is 0 Å². The van der Waals surface area contributed by atoms with E-state index in [1.54, 1.807) is 57.2 Å². The molecule has 2 heterocycles. The van der Waals surface area contributed by atoms with Gasteiger partial charge in [-0.15, -0.1) is 0 Å². The molecule has 0 fully saturated rings. The second-order valence-corrected chi connectivity index (χ2v) is 37.3. The van der Waals surface area contributed by atoms with Gasteiger partial charge in [-0.1, -0.05) is 406 Å². The van der Waals surface area contributed by atoms with Crippen molar-refractivity contribution in [3.63, 3.8) is 0 Å². The van der Waals surface area contributed by atoms with Crippen LogP contribution in [0.5, 0.6) is 23.0 Å². The third kappa shape index (κ3) is 29.2. The maximum Gasteiger partial charge on any atom is 0.488 e. The molecule has 0 amide bonds. The van der Waals surface area contributed by atoms with E-state index in [9.17, 15) is 8.78 Å². The molecule has 125 heavy (non-hydrogen) atoms. The van der Waals surface area contributed by atoms with Gasteiger partial charge in [0.2, 0.25) is 0 Å². The van der Waals surface area contributed by atoms with Crippen molar-refractivity contribution >= 4 is 145 Å². The van der Waals surface area contributed by atoms with Crippen molar-refractivity contribution in [2.24, 2.45) is 0 Å². The quantitative estimate of drug-likeness (QED) is 0.0511. The maximum absolute atomic E-state index is 12.2. The van der Waals surface area contributed by atoms with Gasteiger partial charge in [0.1, 0.15) is 49.6 Å². The van der Waals surface area contributed by atoms with Crippen LogP contribution in [0.3, 0.4) is 0 Å². The van der Waals surface area contributed by atoms with Gasteiger partial charge in [0.15, 0.2) is 0 Å². The van der Waals surface area contributed by atoms with Crippen molar-refractivity contribution in [1.82, 2.24) is 9.97 Å². The average Bonchev–Trinajstić information content (AvgIpc) is 1.13. The van der Waals surface area contributed by atoms with Crippen molar-refractivity contribution in [3.8, 4) is 34.1 Å². The van der Waals surface area contributed by atoms with Crippen LogP contribution in [-0.2, 0) is 20.4 Å². The van der Waals surface area contributed by atoms with Crippen LogP contribution in [0.25, 0.3) is 32.7 Å². The van der Waals surface area contributed by atoms with Crippen molar-refractivity contribution in [3.05, 3.63) is 478 Å². The van der Waals surface area contributed by atoms with Crippen molar-refractivity contribution < 1.29 is 58.2 Å². The minimum atomic E-state index is -1.42. The van der Waals surface area contributed by atoms with Gasteiger partial charge in [0.05, 0.1) is 26.6 Å². The van der Waals surface area contributed by atoms with E-state index in [0.29, 0.717) is 17.0 Å². The topological polar surface area (TPSA) is 103 Å². The van der Waals surface area contributed by atoms with E-state index in [1.807, 2.05) is 60.7 Å². The molecule has 18 aromatic rings. The second kappa shape index (κ2) is 52.1. The van der Waals surface area contributed by atoms with E-state index in [1.165, 1.54) is 63.7 Å². The molecule has 17 heteroatoms. The van der Waals surface area contributed by atoms with E-state index in [2.05, 4.69) is 396 Å². The molecule has 0 aliphatic rings. The zero-order chi connectivity index (χ0) is 86.0. The predicted molar refractivity (Wildman–Crippen MR) is 530 cm³/mol. The van der Waals surface area contributed by atoms with E-state index in [0.717, 1.165) is 48.6 Å². The molecule has 2 N–H and O–H groups in total. The number of methoxy groups -OCH3 is 2. The third-order valence-electron chi connectivity index (χ3n) is 19.0. The number of alkyl halides is 2. The Labute approximate surface area is 760 Å². The van der Waals surface area contributed by atoms with Gasteiger partial charge in [0, 0.05) is 42.9 Å². The van der Waals surface area contributed by atoms with Gasteiger partial charge in [-0.2, -0.15) is 0 Å². The molecular weight excluding hydrogens is 1780 g/mol. The molecule has 0 unspecified atom stereocenters. The zero-order valence-electron chi connectivity index (χ0n) is 69.1. The Morgan fingerprint density at radius 1 is 0.264 bits per heavy atom. The number of hydrogen-bond donors (Lipinski definition) is 2. The molecule has 0 saturated heterocycles. The molecule has 0 aliphatic heterocycles. The first kappa shape index (κ1) is 93.9. The first-order chi connectivity index (χ1) is 61.1. The van der Waals surface area contributed by atoms with Crippen LogP contribution < -0.4 is 88.1 Å². The minimum Gasteiger partial charge on any atom is -0.497 e. The molecule has 0 spiro atoms. The SMILES string of the molecule is COc1ccc2cc(-c3cncc(OCCF)c3)ccc2c1.COc1ccc2cc(B(O)O)ccc2c1.FCCOc1cncc(Br)c1.[Pd].c1ccc(P(c2ccccc2)c2ccccc2)cc1.c1ccc(P(c2ccccc2)c2ccccc2)cc1.c1ccc(P(c2ccccc2)c2ccccc2)cc1.c1ccc(P(c2ccccc2)c2ccccc2)cc1. The molecule has 0 saturated carbocycles. The molecule has 16 aromatic carbocycles. The molecule has 0 atom stereocenters. The number of benzene rings is 16. The van der Waals surface area contributed by atoms with Crippen molar-refractivity contribution in [1.29, 1.82) is 0 Å². The Hall–Kier alpha value is -11.8. The molecule has 8 nitrogen and oxygen atoms in total. The summed E-state index contributed by atoms with van der Waals surface area (Å²) in [5, 5.41) is 39.0. The van der Waals surface area contributed by atoms with E-state index < -0.39 is 52.2 Å². The van der Waals surface area contributed by atoms with E-state index in [-0.39, 0.29) is 33.6 Å². The van der Waals surface area contributed by atoms with E-state index in [4.69, 9.17) is 29.0 Å². The Morgan fingerprint density at radius 3 is 0.760 bits per heavy atom. The molecule has 0 aliphatic carbocycles. The predicted octanol–water partition coefficient (Wildman–Crippen LogP) is 20.8. The summed E-state index contributed by atoms with van der Waals surface area (Å²) in [6, 6.07) is 156. The summed E-state index contributed by atoms with van der Waals surface area (Å²) in [6.07, 6.45) is 6.54. The van der Waals surface area contributed by atoms with Crippen LogP contribution in [0.15, 0.2) is 478 Å². The molecule has 0 bridgehead atoms. The Bertz CT molecular complexity index is 5230. The molecule has 0 radical (unpaired) electrons. The Morgan fingerprint density at radius 2 is 0.504 bits per heavy atom. The summed E-state index contributed by atoms with van der Waals surface area (Å²) < 4.78 is 45.2. The molecule has 626 valence electrons. The van der Waals surface area contributed by atoms with Gasteiger partial charge in [-0.25, -0.2) is 8.78 Å². The van der Waals surface area contributed by atoms with Gasteiger partial charge in [-0.05, 0) is 186 Å². The second-order valence-electron chi connectivity index (χ2n) is 27.5. The fourth-order valence-corrected chi connectivity index (χ4v) is 22.8.